The number of nitrogens with zero attached hydrogens (tertiary/aromatic N) is 1. The van der Waals surface area contributed by atoms with E-state index in [2.05, 4.69) is 38.2 Å². The summed E-state index contributed by atoms with van der Waals surface area (Å²) in [5.74, 6) is 0.198. The van der Waals surface area contributed by atoms with Crippen LogP contribution in [0.2, 0.25) is 10.0 Å². The number of carbonyl (C=O) groups excluding carboxylic acids is 1. The fourth-order valence-corrected chi connectivity index (χ4v) is 2.69. The van der Waals surface area contributed by atoms with E-state index in [9.17, 15) is 4.79 Å². The lowest BCUT2D eigenvalue weighted by molar-refractivity contribution is -0.115. The lowest BCUT2D eigenvalue weighted by Gasteiger charge is -2.08. The van der Waals surface area contributed by atoms with Gasteiger partial charge in [-0.25, -0.2) is 4.98 Å². The Bertz CT molecular complexity index is 827. The van der Waals surface area contributed by atoms with Crippen molar-refractivity contribution in [3.05, 3.63) is 61.3 Å². The molecular weight excluding hydrogens is 480 g/mol. The van der Waals surface area contributed by atoms with Crippen LogP contribution in [0.5, 0.6) is 0 Å². The van der Waals surface area contributed by atoms with Crippen molar-refractivity contribution < 1.29 is 4.79 Å². The van der Waals surface area contributed by atoms with E-state index in [1.54, 1.807) is 30.3 Å². The molecule has 4 nitrogen and oxygen atoms in total. The number of thiocarbonyl (C=S) groups is 1. The van der Waals surface area contributed by atoms with Gasteiger partial charge >= 0.3 is 0 Å². The molecule has 0 bridgehead atoms. The number of aryl methyl sites for hydroxylation is 1. The van der Waals surface area contributed by atoms with Crippen LogP contribution >= 0.6 is 58.0 Å². The molecule has 2 aromatic rings. The number of hydrogen-bond acceptors (Lipinski definition) is 3. The summed E-state index contributed by atoms with van der Waals surface area (Å²) in [4.78, 5) is 16.2. The van der Waals surface area contributed by atoms with Gasteiger partial charge in [-0.05, 0) is 77.6 Å². The van der Waals surface area contributed by atoms with E-state index in [1.165, 1.54) is 6.08 Å². The zero-order valence-electron chi connectivity index (χ0n) is 12.4. The largest absolute Gasteiger partial charge is 0.317 e. The van der Waals surface area contributed by atoms with Crippen molar-refractivity contribution in [3.63, 3.8) is 0 Å². The molecule has 1 heterocycles. The Labute approximate surface area is 168 Å². The Hall–Kier alpha value is -1.22. The van der Waals surface area contributed by atoms with Crippen molar-refractivity contribution in [2.24, 2.45) is 0 Å². The molecule has 0 aliphatic heterocycles. The molecule has 2 rings (SSSR count). The molecule has 0 aliphatic carbocycles. The summed E-state index contributed by atoms with van der Waals surface area (Å²) < 4.78 is 1.05. The number of amides is 1. The summed E-state index contributed by atoms with van der Waals surface area (Å²) in [7, 11) is 0. The minimum atomic E-state index is -0.374. The third-order valence-electron chi connectivity index (χ3n) is 2.88. The number of nitrogens with one attached hydrogen (secondary N) is 2. The molecular formula is C16H12Cl2IN3OS. The predicted molar refractivity (Wildman–Crippen MR) is 112 cm³/mol. The third-order valence-corrected chi connectivity index (χ3v) is 4.78. The van der Waals surface area contributed by atoms with Gasteiger partial charge in [0.1, 0.15) is 5.82 Å². The molecule has 24 heavy (non-hydrogen) atoms. The monoisotopic (exact) mass is 491 g/mol. The van der Waals surface area contributed by atoms with Gasteiger partial charge in [-0.1, -0.05) is 29.3 Å². The standard InChI is InChI=1S/C16H12Cl2IN3OS/c1-9-13(19)5-6-14(20-9)21-16(24)22-15(23)7-3-10-2-4-11(17)8-12(10)18/h2-8H,1H3,(H2,20,21,22,23,24)/b7-3+. The van der Waals surface area contributed by atoms with Crippen LogP contribution in [-0.2, 0) is 4.79 Å². The van der Waals surface area contributed by atoms with Crippen molar-refractivity contribution >= 4 is 80.9 Å². The Balaban J connectivity index is 1.94. The number of carbonyl (C=O) groups is 1. The second kappa shape index (κ2) is 8.75. The quantitative estimate of drug-likeness (QED) is 0.367. The molecule has 1 amide bonds. The van der Waals surface area contributed by atoms with Crippen molar-refractivity contribution in [2.45, 2.75) is 6.92 Å². The molecule has 1 aromatic carbocycles. The molecule has 1 aromatic heterocycles. The lowest BCUT2D eigenvalue weighted by atomic mass is 10.2. The minimum absolute atomic E-state index is 0.167. The van der Waals surface area contributed by atoms with Gasteiger partial charge in [0.05, 0.1) is 5.69 Å². The van der Waals surface area contributed by atoms with Gasteiger partial charge in [0.2, 0.25) is 5.91 Å². The fraction of sp³-hybridized carbons (Fsp3) is 0.0625. The van der Waals surface area contributed by atoms with Crippen LogP contribution < -0.4 is 10.6 Å². The summed E-state index contributed by atoms with van der Waals surface area (Å²) in [6.45, 7) is 1.90. The Morgan fingerprint density at radius 3 is 2.71 bits per heavy atom. The topological polar surface area (TPSA) is 54.0 Å². The van der Waals surface area contributed by atoms with E-state index in [0.29, 0.717) is 21.4 Å². The van der Waals surface area contributed by atoms with Crippen molar-refractivity contribution in [1.29, 1.82) is 0 Å². The highest BCUT2D eigenvalue weighted by molar-refractivity contribution is 14.1. The van der Waals surface area contributed by atoms with Crippen molar-refractivity contribution in [3.8, 4) is 0 Å². The van der Waals surface area contributed by atoms with Crippen molar-refractivity contribution in [2.75, 3.05) is 5.32 Å². The van der Waals surface area contributed by atoms with Gasteiger partial charge < -0.3 is 5.32 Å². The van der Waals surface area contributed by atoms with Gasteiger partial charge in [-0.2, -0.15) is 0 Å². The normalized spacial score (nSPS) is 10.7. The third kappa shape index (κ3) is 5.70. The summed E-state index contributed by atoms with van der Waals surface area (Å²) >= 11 is 19.2. The number of pyridine rings is 1. The molecule has 0 saturated carbocycles. The molecule has 0 atom stereocenters. The Morgan fingerprint density at radius 1 is 1.29 bits per heavy atom. The van der Waals surface area contributed by atoms with E-state index in [1.807, 2.05) is 13.0 Å². The molecule has 2 N–H and O–H groups in total. The first kappa shape index (κ1) is 19.1. The van der Waals surface area contributed by atoms with Gasteiger partial charge in [0.25, 0.3) is 0 Å². The minimum Gasteiger partial charge on any atom is -0.317 e. The van der Waals surface area contributed by atoms with Crippen molar-refractivity contribution in [1.82, 2.24) is 10.3 Å². The molecule has 0 unspecified atom stereocenters. The van der Waals surface area contributed by atoms with E-state index in [-0.39, 0.29) is 11.0 Å². The van der Waals surface area contributed by atoms with Crippen LogP contribution in [-0.4, -0.2) is 16.0 Å². The number of benzene rings is 1. The second-order valence-electron chi connectivity index (χ2n) is 4.71. The van der Waals surface area contributed by atoms with Crippen LogP contribution in [0.1, 0.15) is 11.3 Å². The summed E-state index contributed by atoms with van der Waals surface area (Å²) in [6, 6.07) is 8.73. The molecule has 124 valence electrons. The first-order valence-corrected chi connectivity index (χ1v) is 8.97. The Kier molecular flexibility index (Phi) is 6.97. The van der Waals surface area contributed by atoms with Gasteiger partial charge in [0, 0.05) is 19.7 Å². The number of rotatable bonds is 3. The maximum absolute atomic E-state index is 11.9. The molecule has 0 radical (unpaired) electrons. The van der Waals surface area contributed by atoms with Gasteiger partial charge in [-0.3, -0.25) is 10.1 Å². The summed E-state index contributed by atoms with van der Waals surface area (Å²) in [5.41, 5.74) is 1.57. The van der Waals surface area contributed by atoms with Crippen LogP contribution in [0.15, 0.2) is 36.4 Å². The van der Waals surface area contributed by atoms with E-state index in [0.717, 1.165) is 9.26 Å². The average Bonchev–Trinajstić information content (AvgIpc) is 2.50. The smallest absolute Gasteiger partial charge is 0.250 e. The number of halogens is 3. The first-order valence-electron chi connectivity index (χ1n) is 6.73. The average molecular weight is 492 g/mol. The number of aromatic nitrogens is 1. The van der Waals surface area contributed by atoms with Gasteiger partial charge in [-0.15, -0.1) is 0 Å². The molecule has 8 heteroatoms. The maximum atomic E-state index is 11.9. The highest BCUT2D eigenvalue weighted by atomic mass is 127. The highest BCUT2D eigenvalue weighted by Crippen LogP contribution is 2.21. The second-order valence-corrected chi connectivity index (χ2v) is 7.12. The van der Waals surface area contributed by atoms with Crippen LogP contribution in [0.4, 0.5) is 5.82 Å². The summed E-state index contributed by atoms with van der Waals surface area (Å²) in [6.07, 6.45) is 2.93. The fourth-order valence-electron chi connectivity index (χ4n) is 1.72. The predicted octanol–water partition coefficient (Wildman–Crippen LogP) is 4.83. The summed E-state index contributed by atoms with van der Waals surface area (Å²) in [5, 5.41) is 6.58. The van der Waals surface area contributed by atoms with E-state index < -0.39 is 0 Å². The van der Waals surface area contributed by atoms with Gasteiger partial charge in [0.15, 0.2) is 5.11 Å². The van der Waals surface area contributed by atoms with E-state index in [4.69, 9.17) is 35.4 Å². The molecule has 0 saturated heterocycles. The SMILES string of the molecule is Cc1nc(NC(=S)NC(=O)/C=C/c2ccc(Cl)cc2Cl)ccc1I. The van der Waals surface area contributed by atoms with Crippen LogP contribution in [0, 0.1) is 10.5 Å². The number of anilines is 1. The molecule has 0 aliphatic rings. The molecule has 0 spiro atoms. The van der Waals surface area contributed by atoms with Crippen LogP contribution in [0.25, 0.3) is 6.08 Å². The Morgan fingerprint density at radius 2 is 2.04 bits per heavy atom. The molecule has 0 fully saturated rings. The maximum Gasteiger partial charge on any atom is 0.250 e. The lowest BCUT2D eigenvalue weighted by Crippen LogP contribution is -2.33. The zero-order valence-corrected chi connectivity index (χ0v) is 16.9. The highest BCUT2D eigenvalue weighted by Gasteiger charge is 2.05. The zero-order chi connectivity index (χ0) is 17.7. The van der Waals surface area contributed by atoms with E-state index >= 15 is 0 Å². The first-order chi connectivity index (χ1) is 11.3. The van der Waals surface area contributed by atoms with Crippen LogP contribution in [0.3, 0.4) is 0 Å². The number of hydrogen-bond donors (Lipinski definition) is 2.